The Bertz CT molecular complexity index is 341. The molecule has 1 N–H and O–H groups in total. The molecule has 1 aliphatic heterocycles. The molecule has 0 aromatic heterocycles. The summed E-state index contributed by atoms with van der Waals surface area (Å²) in [4.78, 5) is 0. The number of rotatable bonds is 0. The van der Waals surface area contributed by atoms with Gasteiger partial charge in [0.15, 0.2) is 0 Å². The van der Waals surface area contributed by atoms with Crippen LogP contribution in [0.1, 0.15) is 17.2 Å². The lowest BCUT2D eigenvalue weighted by Gasteiger charge is -2.21. The Kier molecular flexibility index (Phi) is 2.26. The molecule has 0 saturated heterocycles. The first kappa shape index (κ1) is 8.97. The van der Waals surface area contributed by atoms with E-state index in [1.807, 2.05) is 0 Å². The zero-order chi connectivity index (χ0) is 9.42. The quantitative estimate of drug-likeness (QED) is 0.696. The van der Waals surface area contributed by atoms with Crippen LogP contribution in [0.15, 0.2) is 12.1 Å². The van der Waals surface area contributed by atoms with Crippen molar-refractivity contribution in [2.75, 3.05) is 5.75 Å². The van der Waals surface area contributed by atoms with E-state index in [2.05, 4.69) is 0 Å². The van der Waals surface area contributed by atoms with Gasteiger partial charge in [0.05, 0.1) is 6.10 Å². The molecule has 0 unspecified atom stereocenters. The molecule has 1 aliphatic rings. The van der Waals surface area contributed by atoms with E-state index in [1.165, 1.54) is 17.8 Å². The topological polar surface area (TPSA) is 20.2 Å². The molecule has 1 aromatic carbocycles. The van der Waals surface area contributed by atoms with Crippen molar-refractivity contribution in [3.63, 3.8) is 0 Å². The Balaban J connectivity index is 2.56. The van der Waals surface area contributed by atoms with Crippen LogP contribution in [0.25, 0.3) is 0 Å². The number of hydrogen-bond acceptors (Lipinski definition) is 2. The molecule has 0 bridgehead atoms. The average Bonchev–Trinajstić information content (AvgIpc) is 2.02. The summed E-state index contributed by atoms with van der Waals surface area (Å²) in [6, 6.07) is 2.10. The van der Waals surface area contributed by atoms with E-state index >= 15 is 0 Å². The van der Waals surface area contributed by atoms with Gasteiger partial charge in [-0.2, -0.15) is 11.8 Å². The third kappa shape index (κ3) is 1.56. The molecule has 0 aliphatic carbocycles. The van der Waals surface area contributed by atoms with Crippen LogP contribution in [-0.2, 0) is 5.75 Å². The molecule has 1 nitrogen and oxygen atoms in total. The fourth-order valence-electron chi connectivity index (χ4n) is 1.49. The summed E-state index contributed by atoms with van der Waals surface area (Å²) < 4.78 is 25.9. The number of fused-ring (bicyclic) bond motifs is 1. The lowest BCUT2D eigenvalue weighted by Crippen LogP contribution is -2.12. The molecule has 70 valence electrons. The van der Waals surface area contributed by atoms with Gasteiger partial charge in [0.25, 0.3) is 0 Å². The van der Waals surface area contributed by atoms with E-state index in [9.17, 15) is 13.9 Å². The Morgan fingerprint density at radius 1 is 1.38 bits per heavy atom. The standard InChI is InChI=1S/C9H8F2OS/c10-6-1-5-3-13-4-8(12)9(5)7(11)2-6/h1-2,8,12H,3-4H2/t8-/m0/s1. The van der Waals surface area contributed by atoms with Gasteiger partial charge in [-0.15, -0.1) is 0 Å². The first-order chi connectivity index (χ1) is 6.18. The fourth-order valence-corrected chi connectivity index (χ4v) is 2.46. The van der Waals surface area contributed by atoms with Gasteiger partial charge in [-0.25, -0.2) is 8.78 Å². The largest absolute Gasteiger partial charge is 0.387 e. The highest BCUT2D eigenvalue weighted by Gasteiger charge is 2.22. The Morgan fingerprint density at radius 3 is 2.92 bits per heavy atom. The molecule has 0 amide bonds. The maximum Gasteiger partial charge on any atom is 0.132 e. The molecular formula is C9H8F2OS. The summed E-state index contributed by atoms with van der Waals surface area (Å²) in [5, 5.41) is 9.45. The lowest BCUT2D eigenvalue weighted by molar-refractivity contribution is 0.196. The van der Waals surface area contributed by atoms with Crippen LogP contribution in [0.5, 0.6) is 0 Å². The second-order valence-corrected chi connectivity index (χ2v) is 4.02. The number of thioether (sulfide) groups is 1. The highest BCUT2D eigenvalue weighted by Crippen LogP contribution is 2.33. The van der Waals surface area contributed by atoms with Crippen LogP contribution in [-0.4, -0.2) is 10.9 Å². The Morgan fingerprint density at radius 2 is 2.15 bits per heavy atom. The highest BCUT2D eigenvalue weighted by molar-refractivity contribution is 7.98. The maximum absolute atomic E-state index is 13.2. The molecule has 4 heteroatoms. The molecule has 0 spiro atoms. The molecule has 1 heterocycles. The second kappa shape index (κ2) is 3.27. The number of hydrogen-bond donors (Lipinski definition) is 1. The van der Waals surface area contributed by atoms with Gasteiger partial charge in [-0.1, -0.05) is 0 Å². The second-order valence-electron chi connectivity index (χ2n) is 2.99. The van der Waals surface area contributed by atoms with Crippen molar-refractivity contribution >= 4 is 11.8 Å². The zero-order valence-electron chi connectivity index (χ0n) is 6.76. The molecular weight excluding hydrogens is 194 g/mol. The summed E-state index contributed by atoms with van der Waals surface area (Å²) in [6.45, 7) is 0. The molecule has 1 atom stereocenters. The van der Waals surface area contributed by atoms with Crippen LogP contribution < -0.4 is 0 Å². The maximum atomic E-state index is 13.2. The van der Waals surface area contributed by atoms with Crippen LogP contribution >= 0.6 is 11.8 Å². The van der Waals surface area contributed by atoms with Crippen molar-refractivity contribution in [3.05, 3.63) is 34.9 Å². The normalized spacial score (nSPS) is 21.3. The summed E-state index contributed by atoms with van der Waals surface area (Å²) in [7, 11) is 0. The van der Waals surface area contributed by atoms with Gasteiger partial charge in [-0.3, -0.25) is 0 Å². The van der Waals surface area contributed by atoms with Gasteiger partial charge >= 0.3 is 0 Å². The van der Waals surface area contributed by atoms with Gasteiger partial charge in [0.1, 0.15) is 11.6 Å². The summed E-state index contributed by atoms with van der Waals surface area (Å²) >= 11 is 1.48. The van der Waals surface area contributed by atoms with E-state index in [0.717, 1.165) is 6.07 Å². The minimum Gasteiger partial charge on any atom is -0.387 e. The van der Waals surface area contributed by atoms with Gasteiger partial charge < -0.3 is 5.11 Å². The molecule has 0 fully saturated rings. The van der Waals surface area contributed by atoms with Crippen molar-refractivity contribution in [1.29, 1.82) is 0 Å². The average molecular weight is 202 g/mol. The molecule has 0 radical (unpaired) electrons. The van der Waals surface area contributed by atoms with E-state index in [4.69, 9.17) is 0 Å². The van der Waals surface area contributed by atoms with Crippen molar-refractivity contribution in [2.45, 2.75) is 11.9 Å². The van der Waals surface area contributed by atoms with E-state index < -0.39 is 17.7 Å². The highest BCUT2D eigenvalue weighted by atomic mass is 32.2. The van der Waals surface area contributed by atoms with Crippen LogP contribution in [0, 0.1) is 11.6 Å². The van der Waals surface area contributed by atoms with Crippen LogP contribution in [0.3, 0.4) is 0 Å². The van der Waals surface area contributed by atoms with E-state index in [-0.39, 0.29) is 5.56 Å². The fraction of sp³-hybridized carbons (Fsp3) is 0.333. The molecule has 0 saturated carbocycles. The van der Waals surface area contributed by atoms with Crippen LogP contribution in [0.4, 0.5) is 8.78 Å². The zero-order valence-corrected chi connectivity index (χ0v) is 7.57. The summed E-state index contributed by atoms with van der Waals surface area (Å²) in [5.74, 6) is -0.162. The van der Waals surface area contributed by atoms with Crippen molar-refractivity contribution in [3.8, 4) is 0 Å². The SMILES string of the molecule is O[C@H]1CSCc2cc(F)cc(F)c21. The summed E-state index contributed by atoms with van der Waals surface area (Å²) in [6.07, 6.45) is -0.797. The van der Waals surface area contributed by atoms with E-state index in [1.54, 1.807) is 0 Å². The Labute approximate surface area is 78.8 Å². The van der Waals surface area contributed by atoms with E-state index in [0.29, 0.717) is 17.1 Å². The Hall–Kier alpha value is -0.610. The first-order valence-electron chi connectivity index (χ1n) is 3.92. The monoisotopic (exact) mass is 202 g/mol. The molecule has 2 rings (SSSR count). The van der Waals surface area contributed by atoms with Crippen molar-refractivity contribution < 1.29 is 13.9 Å². The molecule has 13 heavy (non-hydrogen) atoms. The minimum absolute atomic E-state index is 0.264. The summed E-state index contributed by atoms with van der Waals surface area (Å²) in [5.41, 5.74) is 0.835. The van der Waals surface area contributed by atoms with Crippen LogP contribution in [0.2, 0.25) is 0 Å². The third-order valence-electron chi connectivity index (χ3n) is 2.05. The third-order valence-corrected chi connectivity index (χ3v) is 3.11. The number of aliphatic hydroxyl groups excluding tert-OH is 1. The predicted octanol–water partition coefficient (Wildman–Crippen LogP) is 2.25. The minimum atomic E-state index is -0.797. The van der Waals surface area contributed by atoms with Gasteiger partial charge in [-0.05, 0) is 11.6 Å². The van der Waals surface area contributed by atoms with Crippen molar-refractivity contribution in [1.82, 2.24) is 0 Å². The van der Waals surface area contributed by atoms with Gasteiger partial charge in [0.2, 0.25) is 0 Å². The number of halogens is 2. The number of aliphatic hydroxyl groups is 1. The first-order valence-corrected chi connectivity index (χ1v) is 5.07. The number of benzene rings is 1. The lowest BCUT2D eigenvalue weighted by atomic mass is 10.0. The predicted molar refractivity (Wildman–Crippen MR) is 47.5 cm³/mol. The van der Waals surface area contributed by atoms with Crippen molar-refractivity contribution in [2.24, 2.45) is 0 Å². The smallest absolute Gasteiger partial charge is 0.132 e. The molecule has 1 aromatic rings. The van der Waals surface area contributed by atoms with Gasteiger partial charge in [0, 0.05) is 23.1 Å².